The third-order valence-corrected chi connectivity index (χ3v) is 3.63. The molecule has 1 heterocycles. The lowest BCUT2D eigenvalue weighted by Gasteiger charge is -2.14. The van der Waals surface area contributed by atoms with Crippen LogP contribution in [0.25, 0.3) is 0 Å². The first-order valence-electron chi connectivity index (χ1n) is 8.89. The number of hydrogen-bond donors (Lipinski definition) is 2. The highest BCUT2D eigenvalue weighted by atomic mass is 16.5. The van der Waals surface area contributed by atoms with E-state index in [1.54, 1.807) is 13.4 Å². The van der Waals surface area contributed by atoms with E-state index in [0.29, 0.717) is 26.3 Å². The maximum atomic E-state index is 5.69. The van der Waals surface area contributed by atoms with E-state index < -0.39 is 0 Å². The third kappa shape index (κ3) is 7.10. The largest absolute Gasteiger partial charge is 0.492 e. The van der Waals surface area contributed by atoms with Crippen LogP contribution in [0.5, 0.6) is 5.75 Å². The summed E-state index contributed by atoms with van der Waals surface area (Å²) >= 11 is 0. The standard InChI is InChI=1S/C18H28N6O2/c1-3-17-23-22-15-24(17)12-9-19-18(20-10-13-25-2)21-11-14-26-16-7-5-4-6-8-16/h4-8,15H,3,9-14H2,1-2H3,(H2,19,20,21). The number of hydrogen-bond acceptors (Lipinski definition) is 5. The van der Waals surface area contributed by atoms with Gasteiger partial charge in [-0.2, -0.15) is 0 Å². The average molecular weight is 360 g/mol. The van der Waals surface area contributed by atoms with Gasteiger partial charge in [-0.05, 0) is 12.1 Å². The van der Waals surface area contributed by atoms with Crippen LogP contribution in [0.2, 0.25) is 0 Å². The minimum Gasteiger partial charge on any atom is -0.492 e. The zero-order chi connectivity index (χ0) is 18.5. The van der Waals surface area contributed by atoms with E-state index in [0.717, 1.165) is 37.0 Å². The van der Waals surface area contributed by atoms with Gasteiger partial charge in [-0.3, -0.25) is 4.99 Å². The van der Waals surface area contributed by atoms with E-state index in [1.807, 2.05) is 34.9 Å². The summed E-state index contributed by atoms with van der Waals surface area (Å²) in [6.45, 7) is 5.96. The van der Waals surface area contributed by atoms with Crippen molar-refractivity contribution < 1.29 is 9.47 Å². The van der Waals surface area contributed by atoms with Crippen molar-refractivity contribution in [2.75, 3.05) is 40.0 Å². The molecule has 0 saturated carbocycles. The van der Waals surface area contributed by atoms with Gasteiger partial charge in [0.15, 0.2) is 5.96 Å². The molecule has 0 atom stereocenters. The molecule has 0 aliphatic rings. The summed E-state index contributed by atoms with van der Waals surface area (Å²) in [6.07, 6.45) is 2.62. The van der Waals surface area contributed by atoms with Gasteiger partial charge < -0.3 is 24.7 Å². The predicted molar refractivity (Wildman–Crippen MR) is 102 cm³/mol. The van der Waals surface area contributed by atoms with Crippen LogP contribution < -0.4 is 15.4 Å². The fraction of sp³-hybridized carbons (Fsp3) is 0.500. The lowest BCUT2D eigenvalue weighted by Crippen LogP contribution is -2.41. The van der Waals surface area contributed by atoms with Crippen LogP contribution in [-0.2, 0) is 17.7 Å². The average Bonchev–Trinajstić information content (AvgIpc) is 3.13. The van der Waals surface area contributed by atoms with Crippen LogP contribution in [0.1, 0.15) is 12.7 Å². The number of guanidine groups is 1. The van der Waals surface area contributed by atoms with Gasteiger partial charge in [-0.1, -0.05) is 25.1 Å². The van der Waals surface area contributed by atoms with Crippen LogP contribution in [0, 0.1) is 0 Å². The van der Waals surface area contributed by atoms with E-state index >= 15 is 0 Å². The van der Waals surface area contributed by atoms with Crippen molar-refractivity contribution in [1.82, 2.24) is 25.4 Å². The summed E-state index contributed by atoms with van der Waals surface area (Å²) in [5.74, 6) is 2.58. The smallest absolute Gasteiger partial charge is 0.191 e. The molecule has 0 radical (unpaired) electrons. The van der Waals surface area contributed by atoms with E-state index in [9.17, 15) is 0 Å². The van der Waals surface area contributed by atoms with Gasteiger partial charge in [-0.15, -0.1) is 10.2 Å². The summed E-state index contributed by atoms with van der Waals surface area (Å²) < 4.78 is 12.8. The molecule has 0 bridgehead atoms. The maximum absolute atomic E-state index is 5.69. The molecule has 0 spiro atoms. The molecule has 0 aliphatic carbocycles. The highest BCUT2D eigenvalue weighted by Crippen LogP contribution is 2.07. The first kappa shape index (κ1) is 19.7. The molecular weight excluding hydrogens is 332 g/mol. The van der Waals surface area contributed by atoms with Crippen molar-refractivity contribution in [2.45, 2.75) is 19.9 Å². The third-order valence-electron chi connectivity index (χ3n) is 3.63. The second-order valence-electron chi connectivity index (χ2n) is 5.53. The molecular formula is C18H28N6O2. The highest BCUT2D eigenvalue weighted by Gasteiger charge is 2.03. The fourth-order valence-electron chi connectivity index (χ4n) is 2.31. The molecule has 0 saturated heterocycles. The number of ether oxygens (including phenoxy) is 2. The van der Waals surface area contributed by atoms with Crippen molar-refractivity contribution in [3.8, 4) is 5.75 Å². The van der Waals surface area contributed by atoms with Crippen molar-refractivity contribution in [3.63, 3.8) is 0 Å². The summed E-state index contributed by atoms with van der Waals surface area (Å²) in [5.41, 5.74) is 0. The fourth-order valence-corrected chi connectivity index (χ4v) is 2.31. The molecule has 26 heavy (non-hydrogen) atoms. The summed E-state index contributed by atoms with van der Waals surface area (Å²) in [7, 11) is 1.67. The van der Waals surface area contributed by atoms with Crippen molar-refractivity contribution in [3.05, 3.63) is 42.5 Å². The number of aromatic nitrogens is 3. The molecule has 0 fully saturated rings. The second-order valence-corrected chi connectivity index (χ2v) is 5.53. The number of rotatable bonds is 11. The molecule has 0 aliphatic heterocycles. The van der Waals surface area contributed by atoms with Gasteiger partial charge in [0.2, 0.25) is 0 Å². The SMILES string of the molecule is CCc1nncn1CCNC(=NCCOC)NCCOc1ccccc1. The van der Waals surface area contributed by atoms with Crippen LogP contribution in [0.15, 0.2) is 41.7 Å². The van der Waals surface area contributed by atoms with Crippen LogP contribution in [-0.4, -0.2) is 60.7 Å². The number of para-hydroxylation sites is 1. The van der Waals surface area contributed by atoms with E-state index in [1.165, 1.54) is 0 Å². The minimum atomic E-state index is 0.556. The van der Waals surface area contributed by atoms with E-state index in [2.05, 4.69) is 32.7 Å². The monoisotopic (exact) mass is 360 g/mol. The maximum Gasteiger partial charge on any atom is 0.191 e. The van der Waals surface area contributed by atoms with E-state index in [4.69, 9.17) is 9.47 Å². The molecule has 2 N–H and O–H groups in total. The quantitative estimate of drug-likeness (QED) is 0.355. The van der Waals surface area contributed by atoms with Crippen LogP contribution >= 0.6 is 0 Å². The molecule has 0 unspecified atom stereocenters. The van der Waals surface area contributed by atoms with Crippen molar-refractivity contribution in [1.29, 1.82) is 0 Å². The Morgan fingerprint density at radius 3 is 2.73 bits per heavy atom. The van der Waals surface area contributed by atoms with Gasteiger partial charge in [0.05, 0.1) is 19.7 Å². The van der Waals surface area contributed by atoms with Gasteiger partial charge in [0.25, 0.3) is 0 Å². The Balaban J connectivity index is 1.74. The zero-order valence-corrected chi connectivity index (χ0v) is 15.5. The summed E-state index contributed by atoms with van der Waals surface area (Å²) in [6, 6.07) is 9.76. The number of aliphatic imine (C=N–C) groups is 1. The molecule has 142 valence electrons. The van der Waals surface area contributed by atoms with Gasteiger partial charge >= 0.3 is 0 Å². The van der Waals surface area contributed by atoms with Gasteiger partial charge in [0.1, 0.15) is 24.5 Å². The minimum absolute atomic E-state index is 0.556. The molecule has 0 amide bonds. The first-order valence-corrected chi connectivity index (χ1v) is 8.89. The van der Waals surface area contributed by atoms with Gasteiger partial charge in [0, 0.05) is 26.6 Å². The molecule has 1 aromatic heterocycles. The Kier molecular flexibility index (Phi) is 8.99. The molecule has 1 aromatic carbocycles. The number of aryl methyl sites for hydroxylation is 1. The van der Waals surface area contributed by atoms with Crippen LogP contribution in [0.4, 0.5) is 0 Å². The van der Waals surface area contributed by atoms with Crippen LogP contribution in [0.3, 0.4) is 0 Å². The molecule has 2 aromatic rings. The summed E-state index contributed by atoms with van der Waals surface area (Å²) in [4.78, 5) is 4.49. The Hall–Kier alpha value is -2.61. The Morgan fingerprint density at radius 1 is 1.15 bits per heavy atom. The van der Waals surface area contributed by atoms with Crippen molar-refractivity contribution >= 4 is 5.96 Å². The Bertz CT molecular complexity index is 644. The number of nitrogens with one attached hydrogen (secondary N) is 2. The first-order chi connectivity index (χ1) is 12.8. The summed E-state index contributed by atoms with van der Waals surface area (Å²) in [5, 5.41) is 14.6. The number of benzene rings is 1. The molecule has 8 nitrogen and oxygen atoms in total. The lowest BCUT2D eigenvalue weighted by atomic mass is 10.3. The van der Waals surface area contributed by atoms with Crippen molar-refractivity contribution in [2.24, 2.45) is 4.99 Å². The number of nitrogens with zero attached hydrogens (tertiary/aromatic N) is 4. The van der Waals surface area contributed by atoms with Gasteiger partial charge in [-0.25, -0.2) is 0 Å². The Morgan fingerprint density at radius 2 is 1.96 bits per heavy atom. The van der Waals surface area contributed by atoms with E-state index in [-0.39, 0.29) is 0 Å². The highest BCUT2D eigenvalue weighted by molar-refractivity contribution is 5.79. The molecule has 2 rings (SSSR count). The Labute approximate surface area is 154 Å². The number of methoxy groups -OCH3 is 1. The zero-order valence-electron chi connectivity index (χ0n) is 15.5. The molecule has 8 heteroatoms. The lowest BCUT2D eigenvalue weighted by molar-refractivity contribution is 0.208. The topological polar surface area (TPSA) is 85.6 Å². The predicted octanol–water partition coefficient (Wildman–Crippen LogP) is 1.10. The second kappa shape index (κ2) is 11.9. The normalized spacial score (nSPS) is 11.4.